The summed E-state index contributed by atoms with van der Waals surface area (Å²) in [6.45, 7) is 4.65. The molecule has 3 N–H and O–H groups in total. The molecule has 22 heavy (non-hydrogen) atoms. The summed E-state index contributed by atoms with van der Waals surface area (Å²) in [6.07, 6.45) is 0. The monoisotopic (exact) mass is 309 g/mol. The molecule has 1 aromatic heterocycles. The SMILES string of the molecule is CCNC(=O)CNc1cc(C(=O)O)nc(N2CCOCC2)n1. The van der Waals surface area contributed by atoms with Gasteiger partial charge in [-0.05, 0) is 6.92 Å². The number of aromatic carboxylic acids is 1. The van der Waals surface area contributed by atoms with E-state index in [2.05, 4.69) is 20.6 Å². The number of carbonyl (C=O) groups is 2. The van der Waals surface area contributed by atoms with Crippen molar-refractivity contribution in [3.05, 3.63) is 11.8 Å². The number of likely N-dealkylation sites (N-methyl/N-ethyl adjacent to an activating group) is 1. The smallest absolute Gasteiger partial charge is 0.354 e. The molecule has 0 spiro atoms. The standard InChI is InChI=1S/C13H19N5O4/c1-2-14-11(19)8-15-10-7-9(12(20)21)16-13(17-10)18-3-5-22-6-4-18/h7H,2-6,8H2,1H3,(H,14,19)(H,20,21)(H,15,16,17). The van der Waals surface area contributed by atoms with Crippen LogP contribution >= 0.6 is 0 Å². The summed E-state index contributed by atoms with van der Waals surface area (Å²) in [5, 5.41) is 14.6. The molecule has 0 radical (unpaired) electrons. The van der Waals surface area contributed by atoms with Crippen LogP contribution < -0.4 is 15.5 Å². The number of morpholine rings is 1. The van der Waals surface area contributed by atoms with Gasteiger partial charge in [0.15, 0.2) is 5.69 Å². The lowest BCUT2D eigenvalue weighted by Gasteiger charge is -2.27. The van der Waals surface area contributed by atoms with Crippen molar-refractivity contribution < 1.29 is 19.4 Å². The number of amides is 1. The Bertz CT molecular complexity index is 545. The fraction of sp³-hybridized carbons (Fsp3) is 0.538. The summed E-state index contributed by atoms with van der Waals surface area (Å²) in [6, 6.07) is 1.31. The maximum absolute atomic E-state index is 11.5. The molecule has 0 aliphatic carbocycles. The molecule has 9 heteroatoms. The highest BCUT2D eigenvalue weighted by molar-refractivity contribution is 5.87. The van der Waals surface area contributed by atoms with Crippen molar-refractivity contribution in [3.8, 4) is 0 Å². The van der Waals surface area contributed by atoms with E-state index in [1.165, 1.54) is 6.07 Å². The molecule has 1 amide bonds. The molecule has 2 rings (SSSR count). The maximum atomic E-state index is 11.5. The van der Waals surface area contributed by atoms with Gasteiger partial charge >= 0.3 is 5.97 Å². The van der Waals surface area contributed by atoms with Gasteiger partial charge in [0.2, 0.25) is 11.9 Å². The average molecular weight is 309 g/mol. The van der Waals surface area contributed by atoms with Crippen molar-refractivity contribution in [2.75, 3.05) is 49.6 Å². The summed E-state index contributed by atoms with van der Waals surface area (Å²) >= 11 is 0. The lowest BCUT2D eigenvalue weighted by molar-refractivity contribution is -0.119. The number of anilines is 2. The van der Waals surface area contributed by atoms with E-state index in [0.29, 0.717) is 44.6 Å². The molecule has 0 aromatic carbocycles. The van der Waals surface area contributed by atoms with Crippen LogP contribution in [0.4, 0.5) is 11.8 Å². The van der Waals surface area contributed by atoms with Crippen LogP contribution in [0.5, 0.6) is 0 Å². The minimum Gasteiger partial charge on any atom is -0.477 e. The molecule has 9 nitrogen and oxygen atoms in total. The number of carbonyl (C=O) groups excluding carboxylic acids is 1. The van der Waals surface area contributed by atoms with E-state index in [1.807, 2.05) is 11.8 Å². The lowest BCUT2D eigenvalue weighted by Crippen LogP contribution is -2.37. The Balaban J connectivity index is 2.15. The third-order valence-electron chi connectivity index (χ3n) is 3.03. The number of hydrogen-bond acceptors (Lipinski definition) is 7. The van der Waals surface area contributed by atoms with Gasteiger partial charge in [-0.25, -0.2) is 9.78 Å². The molecule has 2 heterocycles. The van der Waals surface area contributed by atoms with Gasteiger partial charge in [-0.15, -0.1) is 0 Å². The average Bonchev–Trinajstić information content (AvgIpc) is 2.54. The van der Waals surface area contributed by atoms with Crippen molar-refractivity contribution in [2.45, 2.75) is 6.92 Å². The molecule has 1 fully saturated rings. The Labute approximate surface area is 127 Å². The van der Waals surface area contributed by atoms with E-state index in [1.54, 1.807) is 0 Å². The van der Waals surface area contributed by atoms with Gasteiger partial charge < -0.3 is 25.4 Å². The van der Waals surface area contributed by atoms with Crippen LogP contribution in [0, 0.1) is 0 Å². The zero-order valence-corrected chi connectivity index (χ0v) is 12.3. The van der Waals surface area contributed by atoms with Crippen LogP contribution in [-0.4, -0.2) is 66.3 Å². The van der Waals surface area contributed by atoms with E-state index in [9.17, 15) is 9.59 Å². The predicted molar refractivity (Wildman–Crippen MR) is 79.2 cm³/mol. The largest absolute Gasteiger partial charge is 0.477 e. The number of carboxylic acid groups (broad SMARTS) is 1. The Morgan fingerprint density at radius 3 is 2.73 bits per heavy atom. The highest BCUT2D eigenvalue weighted by Crippen LogP contribution is 2.15. The van der Waals surface area contributed by atoms with Gasteiger partial charge in [-0.2, -0.15) is 4.98 Å². The van der Waals surface area contributed by atoms with E-state index in [0.717, 1.165) is 0 Å². The summed E-state index contributed by atoms with van der Waals surface area (Å²) in [5.74, 6) is -0.703. The van der Waals surface area contributed by atoms with Crippen molar-refractivity contribution in [1.82, 2.24) is 15.3 Å². The van der Waals surface area contributed by atoms with Crippen LogP contribution in [0.1, 0.15) is 17.4 Å². The van der Waals surface area contributed by atoms with Crippen molar-refractivity contribution in [1.29, 1.82) is 0 Å². The van der Waals surface area contributed by atoms with Crippen LogP contribution in [0.25, 0.3) is 0 Å². The van der Waals surface area contributed by atoms with Gasteiger partial charge in [-0.1, -0.05) is 0 Å². The van der Waals surface area contributed by atoms with Crippen LogP contribution in [0.3, 0.4) is 0 Å². The zero-order chi connectivity index (χ0) is 15.9. The zero-order valence-electron chi connectivity index (χ0n) is 12.3. The fourth-order valence-electron chi connectivity index (χ4n) is 1.97. The van der Waals surface area contributed by atoms with Crippen LogP contribution in [0.2, 0.25) is 0 Å². The van der Waals surface area contributed by atoms with E-state index in [-0.39, 0.29) is 18.1 Å². The number of rotatable bonds is 6. The molecule has 1 aliphatic heterocycles. The number of carboxylic acids is 1. The molecule has 0 saturated carbocycles. The summed E-state index contributed by atoms with van der Waals surface area (Å²) < 4.78 is 5.25. The lowest BCUT2D eigenvalue weighted by atomic mass is 10.3. The highest BCUT2D eigenvalue weighted by atomic mass is 16.5. The van der Waals surface area contributed by atoms with Gasteiger partial charge in [0.05, 0.1) is 19.8 Å². The molecule has 120 valence electrons. The van der Waals surface area contributed by atoms with E-state index < -0.39 is 5.97 Å². The highest BCUT2D eigenvalue weighted by Gasteiger charge is 2.18. The second-order valence-electron chi connectivity index (χ2n) is 4.65. The Hall–Kier alpha value is -2.42. The molecule has 1 saturated heterocycles. The Kier molecular flexibility index (Phi) is 5.48. The normalized spacial score (nSPS) is 14.5. The Morgan fingerprint density at radius 1 is 1.36 bits per heavy atom. The molecular formula is C13H19N5O4. The first-order chi connectivity index (χ1) is 10.6. The summed E-state index contributed by atoms with van der Waals surface area (Å²) in [5.41, 5.74) is -0.116. The number of nitrogens with one attached hydrogen (secondary N) is 2. The molecule has 0 unspecified atom stereocenters. The minimum atomic E-state index is -1.14. The molecule has 1 aromatic rings. The molecule has 0 atom stereocenters. The van der Waals surface area contributed by atoms with Crippen molar-refractivity contribution in [2.24, 2.45) is 0 Å². The van der Waals surface area contributed by atoms with E-state index >= 15 is 0 Å². The minimum absolute atomic E-state index is 0.0203. The number of hydrogen-bond donors (Lipinski definition) is 3. The molecule has 0 bridgehead atoms. The summed E-state index contributed by atoms with van der Waals surface area (Å²) in [4.78, 5) is 32.8. The first kappa shape index (κ1) is 16.0. The molecular weight excluding hydrogens is 290 g/mol. The quantitative estimate of drug-likeness (QED) is 0.647. The maximum Gasteiger partial charge on any atom is 0.354 e. The summed E-state index contributed by atoms with van der Waals surface area (Å²) in [7, 11) is 0. The van der Waals surface area contributed by atoms with Crippen molar-refractivity contribution in [3.63, 3.8) is 0 Å². The number of aromatic nitrogens is 2. The second kappa shape index (κ2) is 7.55. The third kappa shape index (κ3) is 4.29. The first-order valence-corrected chi connectivity index (χ1v) is 7.05. The topological polar surface area (TPSA) is 117 Å². The first-order valence-electron chi connectivity index (χ1n) is 7.05. The number of nitrogens with zero attached hydrogens (tertiary/aromatic N) is 3. The van der Waals surface area contributed by atoms with E-state index in [4.69, 9.17) is 9.84 Å². The molecule has 1 aliphatic rings. The fourth-order valence-corrected chi connectivity index (χ4v) is 1.97. The van der Waals surface area contributed by atoms with Gasteiger partial charge in [0.25, 0.3) is 0 Å². The predicted octanol–water partition coefficient (Wildman–Crippen LogP) is -0.441. The third-order valence-corrected chi connectivity index (χ3v) is 3.03. The van der Waals surface area contributed by atoms with Crippen LogP contribution in [0.15, 0.2) is 6.07 Å². The second-order valence-corrected chi connectivity index (χ2v) is 4.65. The van der Waals surface area contributed by atoms with Crippen molar-refractivity contribution >= 4 is 23.6 Å². The van der Waals surface area contributed by atoms with Gasteiger partial charge in [-0.3, -0.25) is 4.79 Å². The van der Waals surface area contributed by atoms with Gasteiger partial charge in [0.1, 0.15) is 5.82 Å². The van der Waals surface area contributed by atoms with Gasteiger partial charge in [0, 0.05) is 25.7 Å². The van der Waals surface area contributed by atoms with Crippen LogP contribution in [-0.2, 0) is 9.53 Å². The number of ether oxygens (including phenoxy) is 1. The Morgan fingerprint density at radius 2 is 2.09 bits per heavy atom.